The van der Waals surface area contributed by atoms with E-state index in [0.717, 1.165) is 73.9 Å². The molecule has 0 spiro atoms. The zero-order chi connectivity index (χ0) is 17.1. The van der Waals surface area contributed by atoms with Gasteiger partial charge in [0.2, 0.25) is 5.91 Å². The highest BCUT2D eigenvalue weighted by molar-refractivity contribution is 7.16. The van der Waals surface area contributed by atoms with E-state index in [9.17, 15) is 4.79 Å². The molecule has 0 radical (unpaired) electrons. The molecular weight excluding hydrogens is 370 g/mol. The van der Waals surface area contributed by atoms with Gasteiger partial charge in [0, 0.05) is 19.6 Å². The monoisotopic (exact) mass is 395 g/mol. The van der Waals surface area contributed by atoms with Gasteiger partial charge in [0.1, 0.15) is 17.0 Å². The van der Waals surface area contributed by atoms with Crippen LogP contribution in [0.4, 0.5) is 5.82 Å². The Morgan fingerprint density at radius 2 is 2.31 bits per heavy atom. The van der Waals surface area contributed by atoms with Gasteiger partial charge in [0.05, 0.1) is 11.3 Å². The van der Waals surface area contributed by atoms with E-state index in [0.29, 0.717) is 0 Å². The van der Waals surface area contributed by atoms with Crippen LogP contribution in [0.2, 0.25) is 0 Å². The number of hydrogen-bond donors (Lipinski definition) is 2. The summed E-state index contributed by atoms with van der Waals surface area (Å²) in [5.41, 5.74) is 0. The van der Waals surface area contributed by atoms with Gasteiger partial charge in [0.25, 0.3) is 0 Å². The third-order valence-electron chi connectivity index (χ3n) is 5.35. The van der Waals surface area contributed by atoms with Crippen molar-refractivity contribution in [2.75, 3.05) is 37.6 Å². The van der Waals surface area contributed by atoms with Crippen molar-refractivity contribution in [3.8, 4) is 0 Å². The fourth-order valence-electron chi connectivity index (χ4n) is 3.92. The van der Waals surface area contributed by atoms with Crippen LogP contribution in [0.1, 0.15) is 25.7 Å². The van der Waals surface area contributed by atoms with Gasteiger partial charge in [-0.2, -0.15) is 0 Å². The Bertz CT molecular complexity index is 733. The number of thiophene rings is 1. The fourth-order valence-corrected chi connectivity index (χ4v) is 4.64. The molecule has 8 heteroatoms. The highest BCUT2D eigenvalue weighted by Gasteiger charge is 2.27. The van der Waals surface area contributed by atoms with Crippen molar-refractivity contribution in [3.05, 3.63) is 17.8 Å². The molecule has 4 rings (SSSR count). The largest absolute Gasteiger partial charge is 0.356 e. The Morgan fingerprint density at radius 3 is 3.15 bits per heavy atom. The first-order valence-electron chi connectivity index (χ1n) is 9.23. The molecule has 6 nitrogen and oxygen atoms in total. The number of fused-ring (bicyclic) bond motifs is 1. The Morgan fingerprint density at radius 1 is 1.38 bits per heavy atom. The zero-order valence-electron chi connectivity index (χ0n) is 14.8. The van der Waals surface area contributed by atoms with Crippen LogP contribution in [0.15, 0.2) is 17.8 Å². The summed E-state index contributed by atoms with van der Waals surface area (Å²) < 4.78 is 0. The van der Waals surface area contributed by atoms with E-state index < -0.39 is 0 Å². The zero-order valence-corrected chi connectivity index (χ0v) is 16.5. The lowest BCUT2D eigenvalue weighted by molar-refractivity contribution is -0.125. The number of anilines is 1. The minimum atomic E-state index is 0. The molecule has 4 heterocycles. The van der Waals surface area contributed by atoms with Crippen LogP contribution in [0, 0.1) is 11.8 Å². The standard InChI is InChI=1S/C18H25N5OS.ClH/c24-17(20-7-4-13-3-6-19-10-13)14-2-1-8-23(11-14)16-15-5-9-25-18(15)22-12-21-16;/h5,9,12-14,19H,1-4,6-8,10-11H2,(H,20,24);1H. The lowest BCUT2D eigenvalue weighted by atomic mass is 9.96. The molecule has 2 aromatic heterocycles. The van der Waals surface area contributed by atoms with Gasteiger partial charge in [-0.25, -0.2) is 9.97 Å². The van der Waals surface area contributed by atoms with Crippen LogP contribution in [-0.4, -0.2) is 48.6 Å². The van der Waals surface area contributed by atoms with Gasteiger partial charge < -0.3 is 15.5 Å². The van der Waals surface area contributed by atoms with Gasteiger partial charge in [-0.05, 0) is 56.1 Å². The number of halogens is 1. The second-order valence-electron chi connectivity index (χ2n) is 7.06. The Kier molecular flexibility index (Phi) is 6.67. The van der Waals surface area contributed by atoms with Gasteiger partial charge in [0.15, 0.2) is 0 Å². The van der Waals surface area contributed by atoms with Crippen molar-refractivity contribution in [2.45, 2.75) is 25.7 Å². The smallest absolute Gasteiger partial charge is 0.224 e. The quantitative estimate of drug-likeness (QED) is 0.813. The highest BCUT2D eigenvalue weighted by Crippen LogP contribution is 2.29. The Hall–Kier alpha value is -1.44. The normalized spacial score (nSPS) is 23.0. The first kappa shape index (κ1) is 19.3. The molecule has 2 fully saturated rings. The maximum Gasteiger partial charge on any atom is 0.224 e. The number of piperidine rings is 1. The second kappa shape index (κ2) is 8.97. The van der Waals surface area contributed by atoms with Gasteiger partial charge in [-0.1, -0.05) is 0 Å². The predicted octanol–water partition coefficient (Wildman–Crippen LogP) is 2.45. The van der Waals surface area contributed by atoms with Crippen molar-refractivity contribution in [1.29, 1.82) is 0 Å². The van der Waals surface area contributed by atoms with E-state index in [4.69, 9.17) is 0 Å². The second-order valence-corrected chi connectivity index (χ2v) is 7.95. The summed E-state index contributed by atoms with van der Waals surface area (Å²) in [4.78, 5) is 24.7. The van der Waals surface area contributed by atoms with E-state index >= 15 is 0 Å². The summed E-state index contributed by atoms with van der Waals surface area (Å²) >= 11 is 1.63. The Labute approximate surface area is 164 Å². The lowest BCUT2D eigenvalue weighted by Crippen LogP contribution is -2.43. The molecule has 2 saturated heterocycles. The number of amides is 1. The first-order valence-corrected chi connectivity index (χ1v) is 10.1. The van der Waals surface area contributed by atoms with E-state index in [-0.39, 0.29) is 24.2 Å². The van der Waals surface area contributed by atoms with Crippen LogP contribution in [0.25, 0.3) is 10.2 Å². The number of aromatic nitrogens is 2. The van der Waals surface area contributed by atoms with Crippen LogP contribution in [0.3, 0.4) is 0 Å². The maximum absolute atomic E-state index is 12.6. The van der Waals surface area contributed by atoms with Crippen LogP contribution in [0.5, 0.6) is 0 Å². The van der Waals surface area contributed by atoms with E-state index in [1.165, 1.54) is 6.42 Å². The van der Waals surface area contributed by atoms with Crippen molar-refractivity contribution < 1.29 is 4.79 Å². The molecule has 0 saturated carbocycles. The summed E-state index contributed by atoms with van der Waals surface area (Å²) in [6.07, 6.45) is 5.94. The summed E-state index contributed by atoms with van der Waals surface area (Å²) in [5, 5.41) is 9.69. The topological polar surface area (TPSA) is 70.2 Å². The molecule has 2 unspecified atom stereocenters. The summed E-state index contributed by atoms with van der Waals surface area (Å²) in [7, 11) is 0. The third-order valence-corrected chi connectivity index (χ3v) is 6.17. The minimum absolute atomic E-state index is 0. The average molecular weight is 396 g/mol. The van der Waals surface area contributed by atoms with Crippen molar-refractivity contribution in [2.24, 2.45) is 11.8 Å². The van der Waals surface area contributed by atoms with Gasteiger partial charge in [-0.15, -0.1) is 23.7 Å². The highest BCUT2D eigenvalue weighted by atomic mass is 35.5. The van der Waals surface area contributed by atoms with Crippen LogP contribution in [-0.2, 0) is 4.79 Å². The molecule has 2 atom stereocenters. The molecule has 2 aromatic rings. The molecule has 2 N–H and O–H groups in total. The molecule has 0 aromatic carbocycles. The molecule has 0 bridgehead atoms. The molecule has 2 aliphatic rings. The van der Waals surface area contributed by atoms with Crippen molar-refractivity contribution in [1.82, 2.24) is 20.6 Å². The number of rotatable bonds is 5. The summed E-state index contributed by atoms with van der Waals surface area (Å²) in [5.74, 6) is 1.95. The predicted molar refractivity (Wildman–Crippen MR) is 108 cm³/mol. The Balaban J connectivity index is 0.00000196. The van der Waals surface area contributed by atoms with Crippen molar-refractivity contribution in [3.63, 3.8) is 0 Å². The number of nitrogens with one attached hydrogen (secondary N) is 2. The number of hydrogen-bond acceptors (Lipinski definition) is 6. The molecule has 26 heavy (non-hydrogen) atoms. The molecule has 1 amide bonds. The number of carbonyl (C=O) groups is 1. The fraction of sp³-hybridized carbons (Fsp3) is 0.611. The lowest BCUT2D eigenvalue weighted by Gasteiger charge is -2.33. The number of nitrogens with zero attached hydrogens (tertiary/aromatic N) is 3. The molecule has 2 aliphatic heterocycles. The van der Waals surface area contributed by atoms with E-state index in [1.807, 2.05) is 0 Å². The minimum Gasteiger partial charge on any atom is -0.356 e. The number of carbonyl (C=O) groups excluding carboxylic acids is 1. The van der Waals surface area contributed by atoms with Crippen molar-refractivity contribution >= 4 is 45.7 Å². The summed E-state index contributed by atoms with van der Waals surface area (Å²) in [6.45, 7) is 4.71. The molecule has 0 aliphatic carbocycles. The third kappa shape index (κ3) is 4.27. The molecular formula is C18H26ClN5OS. The van der Waals surface area contributed by atoms with E-state index in [1.54, 1.807) is 17.7 Å². The van der Waals surface area contributed by atoms with Gasteiger partial charge >= 0.3 is 0 Å². The van der Waals surface area contributed by atoms with Gasteiger partial charge in [-0.3, -0.25) is 4.79 Å². The first-order chi connectivity index (χ1) is 12.3. The summed E-state index contributed by atoms with van der Waals surface area (Å²) in [6, 6.07) is 2.08. The van der Waals surface area contributed by atoms with E-state index in [2.05, 4.69) is 36.9 Å². The molecule has 142 valence electrons. The maximum atomic E-state index is 12.6. The average Bonchev–Trinajstić information content (AvgIpc) is 3.33. The van der Waals surface area contributed by atoms with Crippen LogP contribution >= 0.6 is 23.7 Å². The van der Waals surface area contributed by atoms with Crippen LogP contribution < -0.4 is 15.5 Å². The SMILES string of the molecule is Cl.O=C(NCCC1CCNC1)C1CCCN(c2ncnc3sccc23)C1.